The zero-order valence-electron chi connectivity index (χ0n) is 10.6. The van der Waals surface area contributed by atoms with Crippen molar-refractivity contribution in [1.82, 2.24) is 5.32 Å². The van der Waals surface area contributed by atoms with E-state index in [1.165, 1.54) is 6.08 Å². The molecule has 0 aromatic heterocycles. The molecular formula is C16H12N2O2. The van der Waals surface area contributed by atoms with Crippen LogP contribution in [0.4, 0.5) is 5.69 Å². The van der Waals surface area contributed by atoms with Gasteiger partial charge >= 0.3 is 0 Å². The van der Waals surface area contributed by atoms with E-state index in [4.69, 9.17) is 0 Å². The topological polar surface area (TPSA) is 58.2 Å². The van der Waals surface area contributed by atoms with Gasteiger partial charge in [0.1, 0.15) is 5.70 Å². The summed E-state index contributed by atoms with van der Waals surface area (Å²) in [6.45, 7) is 0. The number of amides is 2. The average molecular weight is 264 g/mol. The highest BCUT2D eigenvalue weighted by Gasteiger charge is 2.20. The fraction of sp³-hybridized carbons (Fsp3) is 0. The molecule has 2 amide bonds. The molecule has 4 heteroatoms. The molecule has 0 fully saturated rings. The molecular weight excluding hydrogens is 252 g/mol. The number of anilines is 1. The lowest BCUT2D eigenvalue weighted by Crippen LogP contribution is -2.24. The van der Waals surface area contributed by atoms with Crippen LogP contribution in [0.25, 0.3) is 11.1 Å². The van der Waals surface area contributed by atoms with E-state index in [-0.39, 0.29) is 5.70 Å². The molecule has 0 radical (unpaired) electrons. The lowest BCUT2D eigenvalue weighted by molar-refractivity contribution is -0.123. The number of hydrogen-bond donors (Lipinski definition) is 2. The largest absolute Gasteiger partial charge is 0.351 e. The summed E-state index contributed by atoms with van der Waals surface area (Å²) in [4.78, 5) is 22.5. The highest BCUT2D eigenvalue weighted by molar-refractivity contribution is 6.17. The van der Waals surface area contributed by atoms with E-state index < -0.39 is 11.8 Å². The number of carbonyl (C=O) groups is 2. The van der Waals surface area contributed by atoms with Crippen LogP contribution in [0.3, 0.4) is 0 Å². The Morgan fingerprint density at radius 1 is 0.800 bits per heavy atom. The van der Waals surface area contributed by atoms with E-state index in [1.54, 1.807) is 0 Å². The van der Waals surface area contributed by atoms with Gasteiger partial charge in [-0.15, -0.1) is 0 Å². The summed E-state index contributed by atoms with van der Waals surface area (Å²) in [6.07, 6.45) is 1.26. The smallest absolute Gasteiger partial charge is 0.274 e. The number of benzene rings is 2. The van der Waals surface area contributed by atoms with Crippen molar-refractivity contribution in [3.05, 3.63) is 66.4 Å². The van der Waals surface area contributed by atoms with Crippen LogP contribution in [0.5, 0.6) is 0 Å². The molecule has 0 spiro atoms. The van der Waals surface area contributed by atoms with E-state index in [2.05, 4.69) is 10.6 Å². The first-order chi connectivity index (χ1) is 9.72. The second-order valence-corrected chi connectivity index (χ2v) is 4.44. The van der Waals surface area contributed by atoms with Crippen molar-refractivity contribution in [2.75, 3.05) is 5.32 Å². The average Bonchev–Trinajstić information content (AvgIpc) is 2.79. The van der Waals surface area contributed by atoms with Crippen molar-refractivity contribution >= 4 is 17.5 Å². The third kappa shape index (κ3) is 2.44. The second-order valence-electron chi connectivity index (χ2n) is 4.44. The summed E-state index contributed by atoms with van der Waals surface area (Å²) in [7, 11) is 0. The molecule has 2 aromatic rings. The van der Waals surface area contributed by atoms with Gasteiger partial charge in [0, 0.05) is 11.8 Å². The quantitative estimate of drug-likeness (QED) is 0.836. The first kappa shape index (κ1) is 12.2. The van der Waals surface area contributed by atoms with E-state index in [0.29, 0.717) is 0 Å². The lowest BCUT2D eigenvalue weighted by atomic mass is 10.1. The van der Waals surface area contributed by atoms with Crippen LogP contribution in [0, 0.1) is 0 Å². The maximum Gasteiger partial charge on any atom is 0.274 e. The summed E-state index contributed by atoms with van der Waals surface area (Å²) in [5.41, 5.74) is 3.26. The summed E-state index contributed by atoms with van der Waals surface area (Å²) in [5, 5.41) is 5.12. The minimum atomic E-state index is -0.401. The Morgan fingerprint density at radius 3 is 2.05 bits per heavy atom. The highest BCUT2D eigenvalue weighted by atomic mass is 16.2. The third-order valence-corrected chi connectivity index (χ3v) is 3.03. The second kappa shape index (κ2) is 5.01. The first-order valence-corrected chi connectivity index (χ1v) is 6.22. The molecule has 1 heterocycles. The van der Waals surface area contributed by atoms with Gasteiger partial charge in [-0.3, -0.25) is 14.9 Å². The maximum absolute atomic E-state index is 11.4. The Labute approximate surface area is 116 Å². The Bertz CT molecular complexity index is 688. The predicted molar refractivity (Wildman–Crippen MR) is 76.7 cm³/mol. The molecule has 1 aliphatic heterocycles. The molecule has 20 heavy (non-hydrogen) atoms. The van der Waals surface area contributed by atoms with Crippen LogP contribution in [0.15, 0.2) is 66.4 Å². The molecule has 3 rings (SSSR count). The van der Waals surface area contributed by atoms with Crippen LogP contribution in [-0.4, -0.2) is 11.8 Å². The molecule has 2 N–H and O–H groups in total. The zero-order chi connectivity index (χ0) is 13.9. The molecule has 4 nitrogen and oxygen atoms in total. The van der Waals surface area contributed by atoms with Crippen LogP contribution in [0.2, 0.25) is 0 Å². The minimum Gasteiger partial charge on any atom is -0.351 e. The Kier molecular flexibility index (Phi) is 3.05. The van der Waals surface area contributed by atoms with Gasteiger partial charge in [0.2, 0.25) is 0 Å². The van der Waals surface area contributed by atoms with Crippen molar-refractivity contribution < 1.29 is 9.59 Å². The van der Waals surface area contributed by atoms with Crippen molar-refractivity contribution in [2.45, 2.75) is 0 Å². The molecule has 1 aliphatic rings. The Morgan fingerprint density at radius 2 is 1.45 bits per heavy atom. The van der Waals surface area contributed by atoms with Crippen molar-refractivity contribution in [3.8, 4) is 11.1 Å². The van der Waals surface area contributed by atoms with Gasteiger partial charge in [0.25, 0.3) is 11.8 Å². The van der Waals surface area contributed by atoms with E-state index in [0.717, 1.165) is 16.8 Å². The van der Waals surface area contributed by atoms with Gasteiger partial charge in [-0.2, -0.15) is 0 Å². The number of carbonyl (C=O) groups excluding carboxylic acids is 2. The molecule has 0 unspecified atom stereocenters. The fourth-order valence-corrected chi connectivity index (χ4v) is 2.04. The molecule has 0 bridgehead atoms. The summed E-state index contributed by atoms with van der Waals surface area (Å²) in [5.74, 6) is -0.791. The first-order valence-electron chi connectivity index (χ1n) is 6.22. The SMILES string of the molecule is O=C1C=C(Nc2ccc(-c3ccccc3)cc2)C(=O)N1. The Balaban J connectivity index is 1.79. The summed E-state index contributed by atoms with van der Waals surface area (Å²) < 4.78 is 0. The third-order valence-electron chi connectivity index (χ3n) is 3.03. The molecule has 2 aromatic carbocycles. The number of hydrogen-bond acceptors (Lipinski definition) is 3. The summed E-state index contributed by atoms with van der Waals surface area (Å²) in [6, 6.07) is 17.7. The molecule has 0 saturated carbocycles. The molecule has 0 aliphatic carbocycles. The zero-order valence-corrected chi connectivity index (χ0v) is 10.6. The molecule has 0 saturated heterocycles. The van der Waals surface area contributed by atoms with Gasteiger partial charge in [0.05, 0.1) is 0 Å². The van der Waals surface area contributed by atoms with E-state index in [1.807, 2.05) is 54.6 Å². The van der Waals surface area contributed by atoms with Crippen molar-refractivity contribution in [3.63, 3.8) is 0 Å². The van der Waals surface area contributed by atoms with E-state index >= 15 is 0 Å². The van der Waals surface area contributed by atoms with Crippen molar-refractivity contribution in [1.29, 1.82) is 0 Å². The monoisotopic (exact) mass is 264 g/mol. The van der Waals surface area contributed by atoms with Gasteiger partial charge in [-0.05, 0) is 23.3 Å². The Hall–Kier alpha value is -2.88. The normalized spacial score (nSPS) is 13.9. The van der Waals surface area contributed by atoms with Crippen LogP contribution in [0.1, 0.15) is 0 Å². The van der Waals surface area contributed by atoms with Gasteiger partial charge in [-0.1, -0.05) is 42.5 Å². The van der Waals surface area contributed by atoms with Gasteiger partial charge in [-0.25, -0.2) is 0 Å². The van der Waals surface area contributed by atoms with Crippen LogP contribution >= 0.6 is 0 Å². The van der Waals surface area contributed by atoms with Crippen LogP contribution in [-0.2, 0) is 9.59 Å². The van der Waals surface area contributed by atoms with E-state index in [9.17, 15) is 9.59 Å². The lowest BCUT2D eigenvalue weighted by Gasteiger charge is -2.07. The standard InChI is InChI=1S/C16H12N2O2/c19-15-10-14(16(20)18-15)17-13-8-6-12(7-9-13)11-4-2-1-3-5-11/h1-10H,(H2,17,18,19,20). The molecule has 98 valence electrons. The maximum atomic E-state index is 11.4. The number of nitrogens with one attached hydrogen (secondary N) is 2. The van der Waals surface area contributed by atoms with Crippen molar-refractivity contribution in [2.24, 2.45) is 0 Å². The fourth-order valence-electron chi connectivity index (χ4n) is 2.04. The number of rotatable bonds is 3. The minimum absolute atomic E-state index is 0.266. The van der Waals surface area contributed by atoms with Gasteiger partial charge < -0.3 is 5.32 Å². The summed E-state index contributed by atoms with van der Waals surface area (Å²) >= 11 is 0. The highest BCUT2D eigenvalue weighted by Crippen LogP contribution is 2.21. The number of imide groups is 1. The van der Waals surface area contributed by atoms with Crippen LogP contribution < -0.4 is 10.6 Å². The van der Waals surface area contributed by atoms with Gasteiger partial charge in [0.15, 0.2) is 0 Å². The predicted octanol–water partition coefficient (Wildman–Crippen LogP) is 2.31. The molecule has 0 atom stereocenters.